The Morgan fingerprint density at radius 3 is 1.38 bits per heavy atom. The Labute approximate surface area is 185 Å². The molecule has 13 heteroatoms. The number of hydrogen-bond acceptors (Lipinski definition) is 9. The summed E-state index contributed by atoms with van der Waals surface area (Å²) in [4.78, 5) is 94.7. The van der Waals surface area contributed by atoms with Crippen molar-refractivity contribution in [2.24, 2.45) is 0 Å². The third kappa shape index (κ3) is 11.5. The predicted octanol–water partition coefficient (Wildman–Crippen LogP) is -2.21. The average molecular weight is 456 g/mol. The maximum Gasteiger partial charge on any atom is 0.408 e. The smallest absolute Gasteiger partial charge is 0.408 e. The number of nitrogens with one attached hydrogen (secondary N) is 1. The molecule has 0 aromatic heterocycles. The van der Waals surface area contributed by atoms with Gasteiger partial charge in [0.1, 0.15) is 50.4 Å². The molecule has 0 aromatic rings. The molecular formula is C19H28N4O9. The van der Waals surface area contributed by atoms with Crippen LogP contribution in [0.1, 0.15) is 20.8 Å². The SMILES string of the molecule is CC(C)(C)OC(=O)NCC(=O)N(CC(=O)N(CC=O)CC=O)CC(=O)N(CC=O)CC=O. The van der Waals surface area contributed by atoms with Crippen molar-refractivity contribution < 1.29 is 43.1 Å². The molecule has 0 radical (unpaired) electrons. The highest BCUT2D eigenvalue weighted by Gasteiger charge is 2.26. The summed E-state index contributed by atoms with van der Waals surface area (Å²) in [5.41, 5.74) is -0.826. The van der Waals surface area contributed by atoms with E-state index < -0.39 is 75.2 Å². The second-order valence-electron chi connectivity index (χ2n) is 7.37. The molecule has 13 nitrogen and oxygen atoms in total. The minimum atomic E-state index is -0.907. The van der Waals surface area contributed by atoms with Crippen LogP contribution in [0.25, 0.3) is 0 Å². The molecule has 0 atom stereocenters. The average Bonchev–Trinajstić information content (AvgIpc) is 2.69. The van der Waals surface area contributed by atoms with Crippen LogP contribution in [0.3, 0.4) is 0 Å². The standard InChI is InChI=1S/C19H28N4O9/c1-19(2,3)32-18(31)20-12-15(28)23(13-16(29)21(4-8-24)5-9-25)14-17(30)22(6-10-26)7-11-27/h8-11H,4-7,12-14H2,1-3H3,(H,20,31). The number of aldehydes is 4. The molecule has 0 aromatic carbocycles. The molecule has 0 bridgehead atoms. The maximum absolute atomic E-state index is 12.6. The fourth-order valence-electron chi connectivity index (χ4n) is 2.25. The molecule has 0 aliphatic heterocycles. The van der Waals surface area contributed by atoms with Crippen molar-refractivity contribution in [3.63, 3.8) is 0 Å². The van der Waals surface area contributed by atoms with Crippen LogP contribution < -0.4 is 5.32 Å². The van der Waals surface area contributed by atoms with E-state index in [4.69, 9.17) is 4.74 Å². The number of alkyl carbamates (subject to hydrolysis) is 1. The Bertz CT molecular complexity index is 660. The molecule has 0 saturated heterocycles. The quantitative estimate of drug-likeness (QED) is 0.285. The lowest BCUT2D eigenvalue weighted by Crippen LogP contribution is -2.51. The highest BCUT2D eigenvalue weighted by Crippen LogP contribution is 2.06. The number of carbonyl (C=O) groups excluding carboxylic acids is 8. The van der Waals surface area contributed by atoms with Crippen molar-refractivity contribution in [2.75, 3.05) is 45.8 Å². The summed E-state index contributed by atoms with van der Waals surface area (Å²) in [6, 6.07) is 0. The molecule has 1 N–H and O–H groups in total. The van der Waals surface area contributed by atoms with Crippen LogP contribution in [0.5, 0.6) is 0 Å². The maximum atomic E-state index is 12.6. The van der Waals surface area contributed by atoms with Gasteiger partial charge in [-0.25, -0.2) is 4.79 Å². The van der Waals surface area contributed by atoms with E-state index in [1.54, 1.807) is 20.8 Å². The Morgan fingerprint density at radius 1 is 0.688 bits per heavy atom. The second-order valence-corrected chi connectivity index (χ2v) is 7.37. The minimum absolute atomic E-state index is 0.388. The van der Waals surface area contributed by atoms with Crippen LogP contribution in [-0.4, -0.2) is 115 Å². The number of carbonyl (C=O) groups is 8. The van der Waals surface area contributed by atoms with Crippen LogP contribution in [0, 0.1) is 0 Å². The third-order valence-electron chi connectivity index (χ3n) is 3.67. The number of hydrogen-bond donors (Lipinski definition) is 1. The summed E-state index contributed by atoms with van der Waals surface area (Å²) in [7, 11) is 0. The molecule has 0 unspecified atom stereocenters. The first-order valence-corrected chi connectivity index (χ1v) is 9.53. The van der Waals surface area contributed by atoms with Gasteiger partial charge >= 0.3 is 6.09 Å². The molecule has 32 heavy (non-hydrogen) atoms. The van der Waals surface area contributed by atoms with Crippen molar-refractivity contribution in [3.05, 3.63) is 0 Å². The molecule has 0 fully saturated rings. The summed E-state index contributed by atoms with van der Waals surface area (Å²) in [6.07, 6.45) is 0.643. The minimum Gasteiger partial charge on any atom is -0.444 e. The van der Waals surface area contributed by atoms with Gasteiger partial charge in [0, 0.05) is 0 Å². The highest BCUT2D eigenvalue weighted by molar-refractivity contribution is 5.92. The Kier molecular flexibility index (Phi) is 12.7. The Morgan fingerprint density at radius 2 is 1.06 bits per heavy atom. The highest BCUT2D eigenvalue weighted by atomic mass is 16.6. The lowest BCUT2D eigenvalue weighted by molar-refractivity contribution is -0.145. The first kappa shape index (κ1) is 28.4. The molecule has 0 saturated carbocycles. The summed E-state index contributed by atoms with van der Waals surface area (Å²) in [5.74, 6) is -2.47. The normalized spacial score (nSPS) is 10.3. The summed E-state index contributed by atoms with van der Waals surface area (Å²) >= 11 is 0. The van der Waals surface area contributed by atoms with Crippen molar-refractivity contribution in [1.29, 1.82) is 0 Å². The summed E-state index contributed by atoms with van der Waals surface area (Å²) in [6.45, 7) is 1.18. The summed E-state index contributed by atoms with van der Waals surface area (Å²) in [5, 5.41) is 2.20. The van der Waals surface area contributed by atoms with E-state index in [9.17, 15) is 38.4 Å². The lowest BCUT2D eigenvalue weighted by Gasteiger charge is -2.27. The van der Waals surface area contributed by atoms with E-state index in [1.807, 2.05) is 0 Å². The second kappa shape index (κ2) is 14.4. The Balaban J connectivity index is 5.46. The fourth-order valence-corrected chi connectivity index (χ4v) is 2.25. The monoisotopic (exact) mass is 456 g/mol. The number of rotatable bonds is 14. The van der Waals surface area contributed by atoms with Gasteiger partial charge in [-0.2, -0.15) is 0 Å². The van der Waals surface area contributed by atoms with Crippen LogP contribution in [-0.2, 0) is 38.3 Å². The first-order chi connectivity index (χ1) is 15.0. The van der Waals surface area contributed by atoms with E-state index in [0.717, 1.165) is 14.7 Å². The third-order valence-corrected chi connectivity index (χ3v) is 3.67. The fraction of sp³-hybridized carbons (Fsp3) is 0.579. The predicted molar refractivity (Wildman–Crippen MR) is 108 cm³/mol. The molecule has 0 aliphatic rings. The van der Waals surface area contributed by atoms with E-state index in [0.29, 0.717) is 25.1 Å². The van der Waals surface area contributed by atoms with Gasteiger partial charge in [0.05, 0.1) is 26.2 Å². The van der Waals surface area contributed by atoms with Gasteiger partial charge in [0.2, 0.25) is 17.7 Å². The van der Waals surface area contributed by atoms with E-state index in [-0.39, 0.29) is 0 Å². The number of amides is 4. The molecule has 0 rings (SSSR count). The topological polar surface area (TPSA) is 168 Å². The van der Waals surface area contributed by atoms with E-state index >= 15 is 0 Å². The zero-order valence-corrected chi connectivity index (χ0v) is 18.3. The van der Waals surface area contributed by atoms with E-state index in [1.165, 1.54) is 0 Å². The van der Waals surface area contributed by atoms with Crippen molar-refractivity contribution in [1.82, 2.24) is 20.0 Å². The molecule has 4 amide bonds. The number of ether oxygens (including phenoxy) is 1. The van der Waals surface area contributed by atoms with Crippen LogP contribution >= 0.6 is 0 Å². The molecule has 178 valence electrons. The van der Waals surface area contributed by atoms with Crippen LogP contribution in [0.15, 0.2) is 0 Å². The van der Waals surface area contributed by atoms with Gasteiger partial charge in [-0.1, -0.05) is 0 Å². The lowest BCUT2D eigenvalue weighted by atomic mass is 10.2. The zero-order chi connectivity index (χ0) is 24.7. The van der Waals surface area contributed by atoms with Crippen molar-refractivity contribution in [3.8, 4) is 0 Å². The van der Waals surface area contributed by atoms with Crippen molar-refractivity contribution in [2.45, 2.75) is 26.4 Å². The molecule has 0 aliphatic carbocycles. The van der Waals surface area contributed by atoms with Crippen LogP contribution in [0.4, 0.5) is 4.79 Å². The molecule has 0 spiro atoms. The van der Waals surface area contributed by atoms with Gasteiger partial charge in [0.15, 0.2) is 0 Å². The van der Waals surface area contributed by atoms with Crippen LogP contribution in [0.2, 0.25) is 0 Å². The number of nitrogens with zero attached hydrogens (tertiary/aromatic N) is 3. The largest absolute Gasteiger partial charge is 0.444 e. The molecular weight excluding hydrogens is 428 g/mol. The van der Waals surface area contributed by atoms with Gasteiger partial charge < -0.3 is 43.9 Å². The summed E-state index contributed by atoms with van der Waals surface area (Å²) < 4.78 is 5.01. The van der Waals surface area contributed by atoms with E-state index in [2.05, 4.69) is 5.32 Å². The zero-order valence-electron chi connectivity index (χ0n) is 18.3. The van der Waals surface area contributed by atoms with Crippen molar-refractivity contribution >= 4 is 49.0 Å². The molecule has 0 heterocycles. The van der Waals surface area contributed by atoms with Gasteiger partial charge in [-0.05, 0) is 20.8 Å². The first-order valence-electron chi connectivity index (χ1n) is 9.53. The van der Waals surface area contributed by atoms with Gasteiger partial charge in [-0.15, -0.1) is 0 Å². The Hall–Kier alpha value is -3.64. The van der Waals surface area contributed by atoms with Gasteiger partial charge in [-0.3, -0.25) is 14.4 Å². The van der Waals surface area contributed by atoms with Gasteiger partial charge in [0.25, 0.3) is 0 Å².